The molecular weight excluding hydrogens is 252 g/mol. The maximum absolute atomic E-state index is 13.6. The zero-order chi connectivity index (χ0) is 14.0. The molecule has 6 heteroatoms. The standard InChI is InChI=1S/C13H17F2N3O/c1-18-6-4-8(5-7-18)17-13(19)9-2-3-10(16)12(15)11(9)14/h2-3,8H,4-7,16H2,1H3,(H,17,19). The Morgan fingerprint density at radius 3 is 2.58 bits per heavy atom. The average Bonchev–Trinajstić information content (AvgIpc) is 2.39. The van der Waals surface area contributed by atoms with Crippen molar-refractivity contribution in [3.63, 3.8) is 0 Å². The van der Waals surface area contributed by atoms with E-state index in [1.165, 1.54) is 12.1 Å². The first-order chi connectivity index (χ1) is 8.99. The van der Waals surface area contributed by atoms with Crippen molar-refractivity contribution in [1.29, 1.82) is 0 Å². The van der Waals surface area contributed by atoms with Gasteiger partial charge in [-0.1, -0.05) is 0 Å². The second-order valence-electron chi connectivity index (χ2n) is 4.88. The number of nitrogens with one attached hydrogen (secondary N) is 1. The average molecular weight is 269 g/mol. The van der Waals surface area contributed by atoms with E-state index in [9.17, 15) is 13.6 Å². The van der Waals surface area contributed by atoms with Crippen molar-refractivity contribution >= 4 is 11.6 Å². The maximum Gasteiger partial charge on any atom is 0.254 e. The van der Waals surface area contributed by atoms with Gasteiger partial charge in [-0.2, -0.15) is 0 Å². The lowest BCUT2D eigenvalue weighted by atomic mass is 10.0. The van der Waals surface area contributed by atoms with Gasteiger partial charge in [0, 0.05) is 6.04 Å². The van der Waals surface area contributed by atoms with E-state index in [4.69, 9.17) is 5.73 Å². The number of anilines is 1. The van der Waals surface area contributed by atoms with E-state index in [-0.39, 0.29) is 17.3 Å². The van der Waals surface area contributed by atoms with E-state index >= 15 is 0 Å². The zero-order valence-electron chi connectivity index (χ0n) is 10.7. The number of rotatable bonds is 2. The lowest BCUT2D eigenvalue weighted by Gasteiger charge is -2.29. The molecule has 1 aliphatic heterocycles. The number of piperidine rings is 1. The first-order valence-corrected chi connectivity index (χ1v) is 6.22. The molecule has 1 aromatic rings. The third kappa shape index (κ3) is 3.01. The number of halogens is 2. The topological polar surface area (TPSA) is 58.4 Å². The Labute approximate surface area is 110 Å². The van der Waals surface area contributed by atoms with Crippen LogP contribution in [0, 0.1) is 11.6 Å². The molecule has 1 amide bonds. The van der Waals surface area contributed by atoms with Crippen LogP contribution in [0.5, 0.6) is 0 Å². The summed E-state index contributed by atoms with van der Waals surface area (Å²) >= 11 is 0. The normalized spacial score (nSPS) is 17.4. The Balaban J connectivity index is 2.06. The highest BCUT2D eigenvalue weighted by Crippen LogP contribution is 2.18. The second-order valence-corrected chi connectivity index (χ2v) is 4.88. The number of carbonyl (C=O) groups is 1. The van der Waals surface area contributed by atoms with Crippen LogP contribution in [0.2, 0.25) is 0 Å². The van der Waals surface area contributed by atoms with Gasteiger partial charge in [0.1, 0.15) is 0 Å². The van der Waals surface area contributed by atoms with Gasteiger partial charge in [0.05, 0.1) is 11.3 Å². The molecule has 0 unspecified atom stereocenters. The number of carbonyl (C=O) groups excluding carboxylic acids is 1. The summed E-state index contributed by atoms with van der Waals surface area (Å²) in [7, 11) is 2.01. The Morgan fingerprint density at radius 1 is 1.32 bits per heavy atom. The summed E-state index contributed by atoms with van der Waals surface area (Å²) in [6.45, 7) is 1.76. The fourth-order valence-electron chi connectivity index (χ4n) is 2.16. The van der Waals surface area contributed by atoms with Crippen molar-refractivity contribution in [3.8, 4) is 0 Å². The lowest BCUT2D eigenvalue weighted by molar-refractivity contribution is 0.0912. The Kier molecular flexibility index (Phi) is 3.99. The van der Waals surface area contributed by atoms with E-state index in [0.717, 1.165) is 25.9 Å². The van der Waals surface area contributed by atoms with Gasteiger partial charge in [-0.15, -0.1) is 0 Å². The third-order valence-electron chi connectivity index (χ3n) is 3.41. The maximum atomic E-state index is 13.6. The van der Waals surface area contributed by atoms with Crippen molar-refractivity contribution in [2.75, 3.05) is 25.9 Å². The van der Waals surface area contributed by atoms with Crippen molar-refractivity contribution < 1.29 is 13.6 Å². The highest BCUT2D eigenvalue weighted by Gasteiger charge is 2.22. The van der Waals surface area contributed by atoms with E-state index in [2.05, 4.69) is 10.2 Å². The molecule has 0 radical (unpaired) electrons. The van der Waals surface area contributed by atoms with Gasteiger partial charge in [0.15, 0.2) is 11.6 Å². The molecule has 0 bridgehead atoms. The molecule has 1 fully saturated rings. The molecule has 19 heavy (non-hydrogen) atoms. The van der Waals surface area contributed by atoms with Crippen molar-refractivity contribution in [2.45, 2.75) is 18.9 Å². The number of hydrogen-bond donors (Lipinski definition) is 2. The summed E-state index contributed by atoms with van der Waals surface area (Å²) in [6.07, 6.45) is 1.61. The summed E-state index contributed by atoms with van der Waals surface area (Å²) in [4.78, 5) is 14.1. The molecule has 1 aromatic carbocycles. The zero-order valence-corrected chi connectivity index (χ0v) is 10.7. The summed E-state index contributed by atoms with van der Waals surface area (Å²) in [5.41, 5.74) is 4.64. The number of nitrogens with zero attached hydrogens (tertiary/aromatic N) is 1. The summed E-state index contributed by atoms with van der Waals surface area (Å²) in [6, 6.07) is 2.41. The largest absolute Gasteiger partial charge is 0.396 e. The molecular formula is C13H17F2N3O. The number of likely N-dealkylation sites (tertiary alicyclic amines) is 1. The molecule has 1 heterocycles. The molecule has 0 aromatic heterocycles. The summed E-state index contributed by atoms with van der Waals surface area (Å²) < 4.78 is 26.9. The minimum atomic E-state index is -1.19. The number of benzene rings is 1. The molecule has 2 rings (SSSR count). The van der Waals surface area contributed by atoms with Crippen molar-refractivity contribution in [3.05, 3.63) is 29.3 Å². The predicted molar refractivity (Wildman–Crippen MR) is 68.8 cm³/mol. The highest BCUT2D eigenvalue weighted by molar-refractivity contribution is 5.95. The fraction of sp³-hybridized carbons (Fsp3) is 0.462. The Morgan fingerprint density at radius 2 is 1.95 bits per heavy atom. The van der Waals surface area contributed by atoms with Crippen LogP contribution in [0.1, 0.15) is 23.2 Å². The van der Waals surface area contributed by atoms with Crippen LogP contribution < -0.4 is 11.1 Å². The monoisotopic (exact) mass is 269 g/mol. The molecule has 1 aliphatic rings. The first kappa shape index (κ1) is 13.7. The van der Waals surface area contributed by atoms with Crippen LogP contribution in [0.15, 0.2) is 12.1 Å². The molecule has 0 saturated carbocycles. The van der Waals surface area contributed by atoms with Crippen molar-refractivity contribution in [2.24, 2.45) is 0 Å². The van der Waals surface area contributed by atoms with Gasteiger partial charge in [-0.25, -0.2) is 8.78 Å². The van der Waals surface area contributed by atoms with Gasteiger partial charge in [0.25, 0.3) is 5.91 Å². The lowest BCUT2D eigenvalue weighted by Crippen LogP contribution is -2.43. The Bertz CT molecular complexity index is 485. The van der Waals surface area contributed by atoms with E-state index in [0.29, 0.717) is 0 Å². The highest BCUT2D eigenvalue weighted by atomic mass is 19.2. The third-order valence-corrected chi connectivity index (χ3v) is 3.41. The van der Waals surface area contributed by atoms with Gasteiger partial charge in [-0.05, 0) is 45.1 Å². The first-order valence-electron chi connectivity index (χ1n) is 6.22. The van der Waals surface area contributed by atoms with Gasteiger partial charge >= 0.3 is 0 Å². The minimum Gasteiger partial charge on any atom is -0.396 e. The predicted octanol–water partition coefficient (Wildman–Crippen LogP) is 1.37. The molecule has 3 N–H and O–H groups in total. The smallest absolute Gasteiger partial charge is 0.254 e. The quantitative estimate of drug-likeness (QED) is 0.797. The van der Waals surface area contributed by atoms with E-state index < -0.39 is 17.5 Å². The fourth-order valence-corrected chi connectivity index (χ4v) is 2.16. The molecule has 0 atom stereocenters. The molecule has 1 saturated heterocycles. The van der Waals surface area contributed by atoms with Gasteiger partial charge in [-0.3, -0.25) is 4.79 Å². The Hall–Kier alpha value is -1.69. The van der Waals surface area contributed by atoms with Crippen LogP contribution in [0.4, 0.5) is 14.5 Å². The van der Waals surface area contributed by atoms with Gasteiger partial charge in [0.2, 0.25) is 0 Å². The second kappa shape index (κ2) is 5.52. The number of nitrogen functional groups attached to an aromatic ring is 1. The number of nitrogens with two attached hydrogens (primary N) is 1. The summed E-state index contributed by atoms with van der Waals surface area (Å²) in [5, 5.41) is 2.73. The molecule has 4 nitrogen and oxygen atoms in total. The van der Waals surface area contributed by atoms with Crippen LogP contribution in [0.25, 0.3) is 0 Å². The van der Waals surface area contributed by atoms with Crippen molar-refractivity contribution in [1.82, 2.24) is 10.2 Å². The van der Waals surface area contributed by atoms with Gasteiger partial charge < -0.3 is 16.0 Å². The number of hydrogen-bond acceptors (Lipinski definition) is 3. The van der Waals surface area contributed by atoms with Crippen LogP contribution in [-0.2, 0) is 0 Å². The van der Waals surface area contributed by atoms with E-state index in [1.807, 2.05) is 7.05 Å². The molecule has 0 aliphatic carbocycles. The SMILES string of the molecule is CN1CCC(NC(=O)c2ccc(N)c(F)c2F)CC1. The molecule has 0 spiro atoms. The molecule has 104 valence electrons. The van der Waals surface area contributed by atoms with E-state index in [1.54, 1.807) is 0 Å². The minimum absolute atomic E-state index is 0.00344. The van der Waals surface area contributed by atoms with Crippen LogP contribution in [-0.4, -0.2) is 37.0 Å². The van der Waals surface area contributed by atoms with Crippen LogP contribution >= 0.6 is 0 Å². The summed E-state index contributed by atoms with van der Waals surface area (Å²) in [5.74, 6) is -2.95. The van der Waals surface area contributed by atoms with Crippen LogP contribution in [0.3, 0.4) is 0 Å². The number of amides is 1.